The number of aromatic nitrogens is 6. The van der Waals surface area contributed by atoms with E-state index in [1.165, 1.54) is 39.1 Å². The Balaban J connectivity index is 1.37. The molecule has 4 heterocycles. The summed E-state index contributed by atoms with van der Waals surface area (Å²) in [6, 6.07) is 21.9. The number of aromatic amines is 2. The largest absolute Gasteiger partial charge is 0.417 e. The van der Waals surface area contributed by atoms with Crippen LogP contribution in [0.25, 0.3) is 28.7 Å². The predicted molar refractivity (Wildman–Crippen MR) is 184 cm³/mol. The number of fused-ring (bicyclic) bond motifs is 3. The lowest BCUT2D eigenvalue weighted by Crippen LogP contribution is -2.56. The molecular weight excluding hydrogens is 553 g/mol. The summed E-state index contributed by atoms with van der Waals surface area (Å²) in [5.41, 5.74) is 12.2. The van der Waals surface area contributed by atoms with Gasteiger partial charge in [-0.2, -0.15) is 4.57 Å². The third-order valence-electron chi connectivity index (χ3n) is 9.22. The minimum Gasteiger partial charge on any atom is -0.394 e. The second-order valence-corrected chi connectivity index (χ2v) is 13.0. The summed E-state index contributed by atoms with van der Waals surface area (Å²) in [5.74, 6) is 3.49. The zero-order chi connectivity index (χ0) is 31.4. The van der Waals surface area contributed by atoms with Crippen LogP contribution in [0.3, 0.4) is 0 Å². The van der Waals surface area contributed by atoms with E-state index in [0.29, 0.717) is 18.3 Å². The van der Waals surface area contributed by atoms with E-state index in [0.717, 1.165) is 34.4 Å². The first-order valence-corrected chi connectivity index (χ1v) is 16.0. The number of para-hydroxylation sites is 2. The number of benzene rings is 3. The number of anilines is 1. The lowest BCUT2D eigenvalue weighted by atomic mass is 9.60. The number of nitrogens with zero attached hydrogens (tertiary/aromatic N) is 5. The standard InChI is InChI=1S/C37H40BN7/c1-23(2)29-15-11-16-30(24(3)4)34(29)44-21-27(42-37(44)35-39-18-19-40-35)20-28-22-45-36(41-28)31-14-8-9-17-32(31)43(7)38(45)33-25(5)12-10-13-26(33)6/h8-19,21-24H,20H2,1-7H3,(H,39,40,42)/p+1. The van der Waals surface area contributed by atoms with Gasteiger partial charge in [-0.25, -0.2) is 15.0 Å². The number of H-pyrrole nitrogens is 2. The highest BCUT2D eigenvalue weighted by molar-refractivity contribution is 6.77. The second-order valence-electron chi connectivity index (χ2n) is 13.0. The molecule has 2 N–H and O–H groups in total. The molecule has 226 valence electrons. The average molecular weight is 595 g/mol. The van der Waals surface area contributed by atoms with Crippen LogP contribution in [0.1, 0.15) is 73.2 Å². The van der Waals surface area contributed by atoms with E-state index in [4.69, 9.17) is 4.98 Å². The van der Waals surface area contributed by atoms with Crippen molar-refractivity contribution in [2.75, 3.05) is 11.9 Å². The van der Waals surface area contributed by atoms with Crippen LogP contribution in [0.2, 0.25) is 0 Å². The molecule has 0 spiro atoms. The summed E-state index contributed by atoms with van der Waals surface area (Å²) >= 11 is 0. The molecule has 0 atom stereocenters. The van der Waals surface area contributed by atoms with Gasteiger partial charge in [0.2, 0.25) is 5.82 Å². The van der Waals surface area contributed by atoms with Crippen molar-refractivity contribution in [3.63, 3.8) is 0 Å². The van der Waals surface area contributed by atoms with Crippen LogP contribution in [0.5, 0.6) is 0 Å². The Labute approximate surface area is 266 Å². The predicted octanol–water partition coefficient (Wildman–Crippen LogP) is 6.69. The van der Waals surface area contributed by atoms with Gasteiger partial charge >= 0.3 is 12.8 Å². The maximum Gasteiger partial charge on any atom is 0.417 e. The molecule has 45 heavy (non-hydrogen) atoms. The fraction of sp³-hybridized carbons (Fsp3) is 0.270. The minimum atomic E-state index is 0.0103. The zero-order valence-electron chi connectivity index (χ0n) is 27.3. The molecule has 3 aromatic heterocycles. The van der Waals surface area contributed by atoms with E-state index < -0.39 is 0 Å². The first-order chi connectivity index (χ1) is 21.7. The van der Waals surface area contributed by atoms with Crippen molar-refractivity contribution in [3.05, 3.63) is 119 Å². The van der Waals surface area contributed by atoms with Gasteiger partial charge in [0.05, 0.1) is 12.1 Å². The number of aryl methyl sites for hydroxylation is 2. The fourth-order valence-electron chi connectivity index (χ4n) is 7.06. The Kier molecular flexibility index (Phi) is 7.23. The van der Waals surface area contributed by atoms with Crippen LogP contribution in [0, 0.1) is 13.8 Å². The first kappa shape index (κ1) is 28.9. The van der Waals surface area contributed by atoms with Crippen molar-refractivity contribution in [1.29, 1.82) is 0 Å². The molecule has 0 saturated carbocycles. The molecular formula is C37H41BN7+. The first-order valence-electron chi connectivity index (χ1n) is 16.0. The third kappa shape index (κ3) is 4.89. The van der Waals surface area contributed by atoms with Crippen LogP contribution in [0.4, 0.5) is 5.69 Å². The van der Waals surface area contributed by atoms with Crippen molar-refractivity contribution < 1.29 is 4.57 Å². The number of imidazole rings is 3. The van der Waals surface area contributed by atoms with E-state index in [1.807, 2.05) is 12.4 Å². The van der Waals surface area contributed by atoms with Gasteiger partial charge in [-0.1, -0.05) is 87.4 Å². The molecule has 3 aromatic carbocycles. The zero-order valence-corrected chi connectivity index (χ0v) is 27.3. The summed E-state index contributed by atoms with van der Waals surface area (Å²) in [7, 11) is 2.19. The van der Waals surface area contributed by atoms with E-state index in [1.54, 1.807) is 0 Å². The third-order valence-corrected chi connectivity index (χ3v) is 9.22. The van der Waals surface area contributed by atoms with E-state index in [2.05, 4.69) is 150 Å². The maximum atomic E-state index is 5.31. The van der Waals surface area contributed by atoms with Crippen molar-refractivity contribution in [3.8, 4) is 28.7 Å². The SMILES string of the molecule is Cc1cccc(C)c1B1N(C)c2ccccc2-c2nc(Cc3c[n+](-c4c(C(C)C)cccc4C(C)C)c(-c4ncc[nH]4)[nH]3)cn21. The molecule has 7 nitrogen and oxygen atoms in total. The smallest absolute Gasteiger partial charge is 0.394 e. The Hall–Kier alpha value is -4.85. The Bertz CT molecular complexity index is 1950. The van der Waals surface area contributed by atoms with Gasteiger partial charge in [0.1, 0.15) is 23.4 Å². The second kappa shape index (κ2) is 11.3. The van der Waals surface area contributed by atoms with E-state index in [-0.39, 0.29) is 6.98 Å². The highest BCUT2D eigenvalue weighted by Crippen LogP contribution is 2.36. The highest BCUT2D eigenvalue weighted by Gasteiger charge is 2.37. The summed E-state index contributed by atoms with van der Waals surface area (Å²) in [6.07, 6.45) is 8.84. The molecule has 1 aliphatic heterocycles. The molecule has 0 saturated heterocycles. The van der Waals surface area contributed by atoms with Gasteiger partial charge in [-0.15, -0.1) is 0 Å². The topological polar surface area (TPSA) is 69.4 Å². The summed E-state index contributed by atoms with van der Waals surface area (Å²) < 4.78 is 4.67. The Morgan fingerprint density at radius 1 is 0.889 bits per heavy atom. The quantitative estimate of drug-likeness (QED) is 0.160. The molecule has 0 aliphatic carbocycles. The van der Waals surface area contributed by atoms with Gasteiger partial charge < -0.3 is 14.3 Å². The normalized spacial score (nSPS) is 12.7. The Morgan fingerprint density at radius 2 is 1.58 bits per heavy atom. The summed E-state index contributed by atoms with van der Waals surface area (Å²) in [5, 5.41) is 0. The minimum absolute atomic E-state index is 0.0103. The lowest BCUT2D eigenvalue weighted by molar-refractivity contribution is -0.584. The molecule has 1 aliphatic rings. The number of hydrogen-bond donors (Lipinski definition) is 2. The van der Waals surface area contributed by atoms with Crippen LogP contribution < -0.4 is 14.8 Å². The maximum absolute atomic E-state index is 5.31. The van der Waals surface area contributed by atoms with Crippen molar-refractivity contribution >= 4 is 18.1 Å². The average Bonchev–Trinajstić information content (AvgIpc) is 3.78. The molecule has 7 rings (SSSR count). The van der Waals surface area contributed by atoms with Gasteiger partial charge in [0.15, 0.2) is 0 Å². The fourth-order valence-corrected chi connectivity index (χ4v) is 7.06. The molecule has 0 amide bonds. The lowest BCUT2D eigenvalue weighted by Gasteiger charge is -2.36. The molecule has 0 bridgehead atoms. The van der Waals surface area contributed by atoms with Crippen molar-refractivity contribution in [2.45, 2.75) is 59.8 Å². The summed E-state index contributed by atoms with van der Waals surface area (Å²) in [6.45, 7) is 13.5. The number of hydrogen-bond acceptors (Lipinski definition) is 3. The van der Waals surface area contributed by atoms with Gasteiger partial charge in [0.25, 0.3) is 0 Å². The molecule has 0 fully saturated rings. The number of rotatable bonds is 7. The van der Waals surface area contributed by atoms with Crippen LogP contribution in [0.15, 0.2) is 85.5 Å². The van der Waals surface area contributed by atoms with Crippen LogP contribution in [-0.4, -0.2) is 38.4 Å². The molecule has 0 unspecified atom stereocenters. The molecule has 6 aromatic rings. The van der Waals surface area contributed by atoms with Crippen LogP contribution in [-0.2, 0) is 6.42 Å². The monoisotopic (exact) mass is 594 g/mol. The van der Waals surface area contributed by atoms with Crippen LogP contribution >= 0.6 is 0 Å². The summed E-state index contributed by atoms with van der Waals surface area (Å²) in [4.78, 5) is 19.4. The van der Waals surface area contributed by atoms with Crippen molar-refractivity contribution in [2.24, 2.45) is 0 Å². The molecule has 0 radical (unpaired) electrons. The highest BCUT2D eigenvalue weighted by atomic mass is 15.2. The van der Waals surface area contributed by atoms with E-state index in [9.17, 15) is 0 Å². The van der Waals surface area contributed by atoms with Gasteiger partial charge in [0, 0.05) is 41.0 Å². The van der Waals surface area contributed by atoms with Gasteiger partial charge in [-0.05, 0) is 50.3 Å². The van der Waals surface area contributed by atoms with Gasteiger partial charge in [-0.3, -0.25) is 0 Å². The molecule has 8 heteroatoms. The van der Waals surface area contributed by atoms with Crippen molar-refractivity contribution in [1.82, 2.24) is 24.4 Å². The van der Waals surface area contributed by atoms with E-state index >= 15 is 0 Å². The Morgan fingerprint density at radius 3 is 2.24 bits per heavy atom. The number of nitrogens with one attached hydrogen (secondary N) is 2.